The lowest BCUT2D eigenvalue weighted by Gasteiger charge is -2.21. The molecule has 2 N–H and O–H groups in total. The minimum absolute atomic E-state index is 0.00796. The summed E-state index contributed by atoms with van der Waals surface area (Å²) in [5, 5.41) is 3.21. The van der Waals surface area contributed by atoms with Crippen molar-refractivity contribution < 1.29 is 27.1 Å². The predicted octanol–water partition coefficient (Wildman–Crippen LogP) is 2.85. The van der Waals surface area contributed by atoms with Crippen LogP contribution in [-0.4, -0.2) is 37.4 Å². The fourth-order valence-corrected chi connectivity index (χ4v) is 5.00. The van der Waals surface area contributed by atoms with Crippen LogP contribution < -0.4 is 23.8 Å². The molecule has 0 spiro atoms. The maximum atomic E-state index is 15.4. The number of amides is 1. The third-order valence-corrected chi connectivity index (χ3v) is 6.98. The van der Waals surface area contributed by atoms with Crippen LogP contribution >= 0.6 is 0 Å². The largest absolute Gasteiger partial charge is 0.497 e. The van der Waals surface area contributed by atoms with Gasteiger partial charge in [-0.1, -0.05) is 12.1 Å². The van der Waals surface area contributed by atoms with E-state index in [1.807, 2.05) is 33.6 Å². The van der Waals surface area contributed by atoms with Crippen LogP contribution in [0.3, 0.4) is 0 Å². The summed E-state index contributed by atoms with van der Waals surface area (Å²) in [4.78, 5) is 16.0. The number of nitrogens with zero attached hydrogens (tertiary/aromatic N) is 3. The maximum Gasteiger partial charge on any atom is 0.326 e. The minimum Gasteiger partial charge on any atom is -0.497 e. The van der Waals surface area contributed by atoms with E-state index in [2.05, 4.69) is 10.3 Å². The zero-order valence-corrected chi connectivity index (χ0v) is 20.0. The van der Waals surface area contributed by atoms with Gasteiger partial charge >= 0.3 is 10.2 Å². The van der Waals surface area contributed by atoms with Gasteiger partial charge in [0.05, 0.1) is 7.11 Å². The second-order valence-electron chi connectivity index (χ2n) is 8.06. The molecule has 1 fully saturated rings. The van der Waals surface area contributed by atoms with Gasteiger partial charge in [0, 0.05) is 36.9 Å². The van der Waals surface area contributed by atoms with E-state index in [-0.39, 0.29) is 24.6 Å². The first kappa shape index (κ1) is 23.4. The number of halogens is 1. The Kier molecular flexibility index (Phi) is 6.10. The van der Waals surface area contributed by atoms with Crippen LogP contribution in [0.15, 0.2) is 67.1 Å². The number of pyridine rings is 1. The van der Waals surface area contributed by atoms with Crippen molar-refractivity contribution in [2.24, 2.45) is 0 Å². The quantitative estimate of drug-likeness (QED) is 0.374. The van der Waals surface area contributed by atoms with Crippen molar-refractivity contribution in [3.05, 3.63) is 84.1 Å². The fourth-order valence-electron chi connectivity index (χ4n) is 3.83. The van der Waals surface area contributed by atoms with Crippen molar-refractivity contribution >= 4 is 33.1 Å². The number of nitrogens with one attached hydrogen (secondary N) is 2. The Hall–Kier alpha value is -4.32. The Balaban J connectivity index is 1.44. The first-order valence-electron chi connectivity index (χ1n) is 10.9. The highest BCUT2D eigenvalue weighted by Gasteiger charge is 2.37. The zero-order valence-electron chi connectivity index (χ0n) is 19.1. The number of carbonyl (C=O) groups is 1. The van der Waals surface area contributed by atoms with Crippen LogP contribution in [0.5, 0.6) is 11.5 Å². The second-order valence-corrected chi connectivity index (χ2v) is 9.65. The normalized spacial score (nSPS) is 14.6. The highest BCUT2D eigenvalue weighted by molar-refractivity contribution is 7.92. The number of fused-ring (bicyclic) bond motifs is 1. The Morgan fingerprint density at radius 1 is 1.11 bits per heavy atom. The minimum atomic E-state index is -4.24. The molecule has 0 unspecified atom stereocenters. The lowest BCUT2D eigenvalue weighted by atomic mass is 10.1. The van der Waals surface area contributed by atoms with Crippen molar-refractivity contribution in [3.63, 3.8) is 0 Å². The molecule has 1 aliphatic rings. The number of hydrogen-bond acceptors (Lipinski definition) is 7. The van der Waals surface area contributed by atoms with Crippen molar-refractivity contribution in [1.82, 2.24) is 14.1 Å². The van der Waals surface area contributed by atoms with Crippen LogP contribution in [0.1, 0.15) is 11.1 Å². The molecule has 0 aliphatic carbocycles. The number of aromatic nitrogens is 2. The lowest BCUT2D eigenvalue weighted by molar-refractivity contribution is -0.117. The van der Waals surface area contributed by atoms with Crippen LogP contribution in [0.4, 0.5) is 15.8 Å². The third kappa shape index (κ3) is 4.75. The smallest absolute Gasteiger partial charge is 0.326 e. The fraction of sp³-hybridized carbons (Fsp3) is 0.167. The molecular weight excluding hydrogens is 489 g/mol. The highest BCUT2D eigenvalue weighted by Crippen LogP contribution is 2.36. The average Bonchev–Trinajstić information content (AvgIpc) is 3.43. The van der Waals surface area contributed by atoms with Gasteiger partial charge in [0.1, 0.15) is 36.0 Å². The molecule has 4 aromatic rings. The number of imidazole rings is 1. The number of ether oxygens (including phenoxy) is 2. The number of carbonyl (C=O) groups excluding carboxylic acids is 1. The number of rotatable bonds is 8. The molecule has 36 heavy (non-hydrogen) atoms. The van der Waals surface area contributed by atoms with E-state index in [1.165, 1.54) is 6.07 Å². The lowest BCUT2D eigenvalue weighted by Crippen LogP contribution is -2.30. The van der Waals surface area contributed by atoms with E-state index < -0.39 is 28.5 Å². The SMILES string of the molecule is COc1ccc(COc2cc(CNc3ccn4ccnc4c3)cc(F)c2N2CC(=O)NS2(=O)=O)cc1. The van der Waals surface area contributed by atoms with Gasteiger partial charge in [-0.3, -0.25) is 4.79 Å². The molecule has 2 aromatic carbocycles. The summed E-state index contributed by atoms with van der Waals surface area (Å²) >= 11 is 0. The van der Waals surface area contributed by atoms with Crippen LogP contribution in [0.25, 0.3) is 5.65 Å². The molecule has 0 saturated carbocycles. The summed E-state index contributed by atoms with van der Waals surface area (Å²) in [6.45, 7) is -0.268. The van der Waals surface area contributed by atoms with E-state index in [4.69, 9.17) is 9.47 Å². The molecule has 3 heterocycles. The number of anilines is 2. The number of hydrogen-bond donors (Lipinski definition) is 2. The summed E-state index contributed by atoms with van der Waals surface area (Å²) in [6, 6.07) is 13.5. The molecule has 0 atom stereocenters. The van der Waals surface area contributed by atoms with Crippen LogP contribution in [0, 0.1) is 5.82 Å². The van der Waals surface area contributed by atoms with Crippen LogP contribution in [0.2, 0.25) is 0 Å². The zero-order chi connectivity index (χ0) is 25.3. The number of benzene rings is 2. The first-order chi connectivity index (χ1) is 17.3. The van der Waals surface area contributed by atoms with Gasteiger partial charge in [0.25, 0.3) is 5.91 Å². The molecule has 10 nitrogen and oxygen atoms in total. The topological polar surface area (TPSA) is 114 Å². The van der Waals surface area contributed by atoms with E-state index in [9.17, 15) is 13.2 Å². The van der Waals surface area contributed by atoms with Gasteiger partial charge in [0.2, 0.25) is 0 Å². The molecule has 2 aromatic heterocycles. The summed E-state index contributed by atoms with van der Waals surface area (Å²) in [6.07, 6.45) is 5.36. The molecule has 1 amide bonds. The van der Waals surface area contributed by atoms with Gasteiger partial charge < -0.3 is 19.2 Å². The predicted molar refractivity (Wildman–Crippen MR) is 131 cm³/mol. The van der Waals surface area contributed by atoms with Gasteiger partial charge in [-0.05, 0) is 41.5 Å². The number of methoxy groups -OCH3 is 1. The van der Waals surface area contributed by atoms with E-state index in [0.717, 1.165) is 16.9 Å². The summed E-state index contributed by atoms with van der Waals surface area (Å²) in [7, 11) is -2.68. The molecule has 5 rings (SSSR count). The molecule has 12 heteroatoms. The molecule has 1 saturated heterocycles. The van der Waals surface area contributed by atoms with E-state index in [1.54, 1.807) is 43.6 Å². The van der Waals surface area contributed by atoms with Gasteiger partial charge in [0.15, 0.2) is 5.82 Å². The Morgan fingerprint density at radius 2 is 1.92 bits per heavy atom. The van der Waals surface area contributed by atoms with E-state index in [0.29, 0.717) is 15.6 Å². The third-order valence-electron chi connectivity index (χ3n) is 5.61. The highest BCUT2D eigenvalue weighted by atomic mass is 32.2. The standard InChI is InChI=1S/C24H22FN5O5S/c1-34-19-4-2-16(3-5-19)15-35-21-11-17(13-27-18-6-8-29-9-7-26-22(29)12-18)10-20(25)24(21)30-14-23(31)28-36(30,32)33/h2-12,27H,13-15H2,1H3,(H,28,31). The average molecular weight is 512 g/mol. The van der Waals surface area contributed by atoms with Crippen LogP contribution in [-0.2, 0) is 28.2 Å². The molecule has 1 aliphatic heterocycles. The second kappa shape index (κ2) is 9.38. The summed E-state index contributed by atoms with van der Waals surface area (Å²) in [5.74, 6) is -0.926. The Labute approximate surface area is 206 Å². The molecular formula is C24H22FN5O5S. The van der Waals surface area contributed by atoms with Crippen molar-refractivity contribution in [3.8, 4) is 11.5 Å². The van der Waals surface area contributed by atoms with Crippen molar-refractivity contribution in [2.75, 3.05) is 23.3 Å². The molecule has 0 bridgehead atoms. The summed E-state index contributed by atoms with van der Waals surface area (Å²) < 4.78 is 55.7. The maximum absolute atomic E-state index is 15.4. The van der Waals surface area contributed by atoms with Crippen molar-refractivity contribution in [2.45, 2.75) is 13.2 Å². The first-order valence-corrected chi connectivity index (χ1v) is 12.3. The van der Waals surface area contributed by atoms with Crippen molar-refractivity contribution in [1.29, 1.82) is 0 Å². The van der Waals surface area contributed by atoms with E-state index >= 15 is 4.39 Å². The van der Waals surface area contributed by atoms with Gasteiger partial charge in [-0.2, -0.15) is 8.42 Å². The Morgan fingerprint density at radius 3 is 2.64 bits per heavy atom. The van der Waals surface area contributed by atoms with Gasteiger partial charge in [-0.25, -0.2) is 18.4 Å². The van der Waals surface area contributed by atoms with Gasteiger partial charge in [-0.15, -0.1) is 0 Å². The Bertz CT molecular complexity index is 1540. The molecule has 186 valence electrons. The molecule has 0 radical (unpaired) electrons. The monoisotopic (exact) mass is 511 g/mol. The summed E-state index contributed by atoms with van der Waals surface area (Å²) in [5.41, 5.74) is 2.47.